The fraction of sp³-hybridized carbons (Fsp3) is 0.562. The summed E-state index contributed by atoms with van der Waals surface area (Å²) in [5, 5.41) is 0. The molecule has 0 aliphatic rings. The number of hydrogen-bond donors (Lipinski definition) is 0. The Morgan fingerprint density at radius 2 is 1.68 bits per heavy atom. The van der Waals surface area contributed by atoms with E-state index < -0.39 is 5.60 Å². The molecule has 19 heavy (non-hydrogen) atoms. The molecule has 0 unspecified atom stereocenters. The van der Waals surface area contributed by atoms with Gasteiger partial charge in [-0.1, -0.05) is 6.07 Å². The quantitative estimate of drug-likeness (QED) is 0.779. The van der Waals surface area contributed by atoms with Crippen molar-refractivity contribution in [2.75, 3.05) is 18.0 Å². The van der Waals surface area contributed by atoms with E-state index in [2.05, 4.69) is 32.0 Å². The molecule has 0 aromatic heterocycles. The number of carbonyl (C=O) groups is 1. The monoisotopic (exact) mass is 263 g/mol. The summed E-state index contributed by atoms with van der Waals surface area (Å²) in [6.45, 7) is 12.9. The lowest BCUT2D eigenvalue weighted by Gasteiger charge is -2.26. The Balaban J connectivity index is 2.81. The van der Waals surface area contributed by atoms with Crippen LogP contribution >= 0.6 is 0 Å². The highest BCUT2D eigenvalue weighted by molar-refractivity contribution is 5.76. The number of esters is 1. The highest BCUT2D eigenvalue weighted by atomic mass is 16.6. The van der Waals surface area contributed by atoms with Gasteiger partial charge in [0, 0.05) is 12.2 Å². The van der Waals surface area contributed by atoms with Crippen molar-refractivity contribution in [2.45, 2.75) is 47.1 Å². The van der Waals surface area contributed by atoms with Gasteiger partial charge in [-0.05, 0) is 64.8 Å². The molecule has 1 aromatic rings. The van der Waals surface area contributed by atoms with E-state index in [-0.39, 0.29) is 12.5 Å². The molecule has 0 N–H and O–H groups in total. The number of ether oxygens (including phenoxy) is 1. The molecule has 0 fully saturated rings. The summed E-state index contributed by atoms with van der Waals surface area (Å²) in [4.78, 5) is 13.9. The number of likely N-dealkylation sites (N-methyl/N-ethyl adjacent to an activating group) is 1. The molecule has 0 atom stereocenters. The van der Waals surface area contributed by atoms with Crippen molar-refractivity contribution in [3.63, 3.8) is 0 Å². The molecule has 0 radical (unpaired) electrons. The lowest BCUT2D eigenvalue weighted by atomic mass is 10.1. The van der Waals surface area contributed by atoms with E-state index in [4.69, 9.17) is 4.74 Å². The first kappa shape index (κ1) is 15.5. The molecular formula is C16H25NO2. The topological polar surface area (TPSA) is 29.5 Å². The molecule has 0 amide bonds. The molecule has 1 aromatic carbocycles. The normalized spacial score (nSPS) is 11.3. The minimum Gasteiger partial charge on any atom is -0.459 e. The molecule has 0 bridgehead atoms. The lowest BCUT2D eigenvalue weighted by molar-refractivity contribution is -0.153. The van der Waals surface area contributed by atoms with Crippen molar-refractivity contribution in [1.82, 2.24) is 0 Å². The maximum Gasteiger partial charge on any atom is 0.326 e. The average molecular weight is 263 g/mol. The van der Waals surface area contributed by atoms with Crippen LogP contribution in [0.4, 0.5) is 5.69 Å². The maximum absolute atomic E-state index is 11.9. The third kappa shape index (κ3) is 5.33. The number of rotatable bonds is 4. The van der Waals surface area contributed by atoms with E-state index in [9.17, 15) is 4.79 Å². The van der Waals surface area contributed by atoms with Gasteiger partial charge in [-0.3, -0.25) is 4.79 Å². The zero-order valence-electron chi connectivity index (χ0n) is 12.9. The molecule has 0 saturated carbocycles. The fourth-order valence-corrected chi connectivity index (χ4v) is 2.05. The van der Waals surface area contributed by atoms with Crippen molar-refractivity contribution < 1.29 is 9.53 Å². The standard InChI is InChI=1S/C16H25NO2/c1-7-17(11-15(18)19-16(4,5)6)14-9-12(2)8-13(3)10-14/h8-10H,7,11H2,1-6H3. The van der Waals surface area contributed by atoms with Gasteiger partial charge in [-0.2, -0.15) is 0 Å². The molecule has 0 spiro atoms. The molecule has 0 aliphatic carbocycles. The second kappa shape index (κ2) is 6.09. The van der Waals surface area contributed by atoms with Gasteiger partial charge >= 0.3 is 5.97 Å². The van der Waals surface area contributed by atoms with Crippen LogP contribution in [0.5, 0.6) is 0 Å². The molecule has 3 heteroatoms. The van der Waals surface area contributed by atoms with Gasteiger partial charge in [0.15, 0.2) is 0 Å². The summed E-state index contributed by atoms with van der Waals surface area (Å²) in [6.07, 6.45) is 0. The third-order valence-corrected chi connectivity index (χ3v) is 2.69. The van der Waals surface area contributed by atoms with Crippen molar-refractivity contribution in [1.29, 1.82) is 0 Å². The number of hydrogen-bond acceptors (Lipinski definition) is 3. The predicted molar refractivity (Wildman–Crippen MR) is 79.6 cm³/mol. The molecule has 0 aliphatic heterocycles. The van der Waals surface area contributed by atoms with Crippen LogP contribution in [0.1, 0.15) is 38.8 Å². The van der Waals surface area contributed by atoms with Gasteiger partial charge in [0.1, 0.15) is 12.1 Å². The van der Waals surface area contributed by atoms with Gasteiger partial charge in [0.25, 0.3) is 0 Å². The maximum atomic E-state index is 11.9. The van der Waals surface area contributed by atoms with E-state index in [1.54, 1.807) is 0 Å². The first-order valence-electron chi connectivity index (χ1n) is 6.76. The van der Waals surface area contributed by atoms with Crippen LogP contribution in [0, 0.1) is 13.8 Å². The largest absolute Gasteiger partial charge is 0.459 e. The Hall–Kier alpha value is -1.51. The van der Waals surface area contributed by atoms with Crippen molar-refractivity contribution in [3.8, 4) is 0 Å². The Bertz CT molecular complexity index is 426. The van der Waals surface area contributed by atoms with E-state index in [1.807, 2.05) is 32.6 Å². The summed E-state index contributed by atoms with van der Waals surface area (Å²) in [5.74, 6) is -0.187. The van der Waals surface area contributed by atoms with Crippen LogP contribution in [0.25, 0.3) is 0 Å². The smallest absolute Gasteiger partial charge is 0.326 e. The number of carbonyl (C=O) groups excluding carboxylic acids is 1. The minimum absolute atomic E-state index is 0.187. The van der Waals surface area contributed by atoms with Gasteiger partial charge in [0.2, 0.25) is 0 Å². The SMILES string of the molecule is CCN(CC(=O)OC(C)(C)C)c1cc(C)cc(C)c1. The van der Waals surface area contributed by atoms with Crippen molar-refractivity contribution in [3.05, 3.63) is 29.3 Å². The molecular weight excluding hydrogens is 238 g/mol. The Kier molecular flexibility index (Phi) is 4.98. The van der Waals surface area contributed by atoms with E-state index >= 15 is 0 Å². The van der Waals surface area contributed by atoms with Crippen LogP contribution in [0.2, 0.25) is 0 Å². The Morgan fingerprint density at radius 3 is 2.11 bits per heavy atom. The van der Waals surface area contributed by atoms with Crippen LogP contribution < -0.4 is 4.90 Å². The molecule has 3 nitrogen and oxygen atoms in total. The number of benzene rings is 1. The zero-order chi connectivity index (χ0) is 14.6. The summed E-state index contributed by atoms with van der Waals surface area (Å²) in [7, 11) is 0. The lowest BCUT2D eigenvalue weighted by Crippen LogP contribution is -2.35. The van der Waals surface area contributed by atoms with E-state index in [0.717, 1.165) is 12.2 Å². The summed E-state index contributed by atoms with van der Waals surface area (Å²) >= 11 is 0. The van der Waals surface area contributed by atoms with Crippen molar-refractivity contribution in [2.24, 2.45) is 0 Å². The van der Waals surface area contributed by atoms with Gasteiger partial charge in [-0.15, -0.1) is 0 Å². The van der Waals surface area contributed by atoms with Crippen LogP contribution in [0.15, 0.2) is 18.2 Å². The van der Waals surface area contributed by atoms with Crippen LogP contribution in [-0.2, 0) is 9.53 Å². The highest BCUT2D eigenvalue weighted by Crippen LogP contribution is 2.19. The highest BCUT2D eigenvalue weighted by Gasteiger charge is 2.18. The van der Waals surface area contributed by atoms with Crippen LogP contribution in [-0.4, -0.2) is 24.7 Å². The average Bonchev–Trinajstić information content (AvgIpc) is 2.21. The summed E-state index contributed by atoms with van der Waals surface area (Å²) in [6, 6.07) is 6.33. The predicted octanol–water partition coefficient (Wildman–Crippen LogP) is 3.47. The van der Waals surface area contributed by atoms with Gasteiger partial charge in [-0.25, -0.2) is 0 Å². The number of aryl methyl sites for hydroxylation is 2. The Labute approximate surface area is 116 Å². The molecule has 0 saturated heterocycles. The third-order valence-electron chi connectivity index (χ3n) is 2.69. The minimum atomic E-state index is -0.432. The molecule has 0 heterocycles. The second-order valence-electron chi connectivity index (χ2n) is 5.95. The van der Waals surface area contributed by atoms with E-state index in [0.29, 0.717) is 0 Å². The Morgan fingerprint density at radius 1 is 1.16 bits per heavy atom. The number of anilines is 1. The first-order valence-corrected chi connectivity index (χ1v) is 6.76. The first-order chi connectivity index (χ1) is 8.71. The number of nitrogens with zero attached hydrogens (tertiary/aromatic N) is 1. The second-order valence-corrected chi connectivity index (χ2v) is 5.95. The summed E-state index contributed by atoms with van der Waals surface area (Å²) in [5.41, 5.74) is 3.06. The molecule has 1 rings (SSSR count). The van der Waals surface area contributed by atoms with Gasteiger partial charge < -0.3 is 9.64 Å². The van der Waals surface area contributed by atoms with Crippen LogP contribution in [0.3, 0.4) is 0 Å². The zero-order valence-corrected chi connectivity index (χ0v) is 12.9. The van der Waals surface area contributed by atoms with Gasteiger partial charge in [0.05, 0.1) is 0 Å². The van der Waals surface area contributed by atoms with E-state index in [1.165, 1.54) is 11.1 Å². The fourth-order valence-electron chi connectivity index (χ4n) is 2.05. The summed E-state index contributed by atoms with van der Waals surface area (Å²) < 4.78 is 5.37. The van der Waals surface area contributed by atoms with Crippen molar-refractivity contribution >= 4 is 11.7 Å². The molecule has 106 valence electrons.